The summed E-state index contributed by atoms with van der Waals surface area (Å²) >= 11 is 19.0. The van der Waals surface area contributed by atoms with E-state index in [-0.39, 0.29) is 23.2 Å². The zero-order valence-corrected chi connectivity index (χ0v) is 75.8. The number of aromatic amines is 3. The van der Waals surface area contributed by atoms with E-state index in [1.54, 1.807) is 31.5 Å². The summed E-state index contributed by atoms with van der Waals surface area (Å²) in [5, 5.41) is 58.2. The van der Waals surface area contributed by atoms with Gasteiger partial charge in [-0.05, 0) is 251 Å². The van der Waals surface area contributed by atoms with Gasteiger partial charge in [0.15, 0.2) is 23.3 Å². The molecule has 6 aromatic heterocycles. The largest absolute Gasteiger partial charge is 0.389 e. The molecule has 0 saturated carbocycles. The molecular weight excluding hydrogens is 1680 g/mol. The molecule has 12 heterocycles. The number of H-pyrrole nitrogens is 3. The van der Waals surface area contributed by atoms with Gasteiger partial charge in [0.2, 0.25) is 47.9 Å². The van der Waals surface area contributed by atoms with Gasteiger partial charge in [-0.25, -0.2) is 58.1 Å². The van der Waals surface area contributed by atoms with E-state index in [9.17, 15) is 35.5 Å². The average molecular weight is 1790 g/mol. The Morgan fingerprint density at radius 3 is 1.12 bits per heavy atom. The number of hydrogen-bond acceptors (Lipinski definition) is 26. The topological polar surface area (TPSA) is 395 Å². The summed E-state index contributed by atoms with van der Waals surface area (Å²) in [4.78, 5) is 33.3. The molecule has 6 fully saturated rings. The number of morpholine rings is 1. The molecular formula is C84H116Cl3N23O9S3. The maximum atomic E-state index is 13.0. The molecule has 660 valence electrons. The van der Waals surface area contributed by atoms with Gasteiger partial charge in [0, 0.05) is 118 Å². The van der Waals surface area contributed by atoms with Crippen LogP contribution in [0, 0.1) is 62.3 Å². The molecule has 6 saturated heterocycles. The van der Waals surface area contributed by atoms with Crippen LogP contribution in [-0.4, -0.2) is 264 Å². The van der Waals surface area contributed by atoms with E-state index in [1.807, 2.05) is 50.8 Å². The molecule has 6 aliphatic heterocycles. The first-order chi connectivity index (χ1) is 58.3. The van der Waals surface area contributed by atoms with Crippen molar-refractivity contribution >= 4 is 123 Å². The van der Waals surface area contributed by atoms with Crippen molar-refractivity contribution in [2.24, 2.45) is 0 Å². The Morgan fingerprint density at radius 2 is 0.770 bits per heavy atom. The van der Waals surface area contributed by atoms with Crippen LogP contribution in [0.1, 0.15) is 161 Å². The fourth-order valence-corrected chi connectivity index (χ4v) is 21.7. The number of halogens is 3. The third-order valence-corrected chi connectivity index (χ3v) is 30.5. The van der Waals surface area contributed by atoms with Gasteiger partial charge >= 0.3 is 0 Å². The van der Waals surface area contributed by atoms with Gasteiger partial charge < -0.3 is 46.4 Å². The van der Waals surface area contributed by atoms with E-state index in [1.165, 1.54) is 28.7 Å². The number of anilines is 10. The normalized spacial score (nSPS) is 18.6. The molecule has 6 aliphatic rings. The van der Waals surface area contributed by atoms with Crippen molar-refractivity contribution in [1.29, 1.82) is 0 Å². The highest BCUT2D eigenvalue weighted by Crippen LogP contribution is 2.40. The number of nitrogens with zero attached hydrogens (tertiary/aromatic N) is 15. The molecule has 0 amide bonds. The van der Waals surface area contributed by atoms with Gasteiger partial charge in [0.25, 0.3) is 0 Å². The van der Waals surface area contributed by atoms with Crippen molar-refractivity contribution in [3.05, 3.63) is 167 Å². The van der Waals surface area contributed by atoms with Crippen LogP contribution in [0.15, 0.2) is 73.2 Å². The smallest absolute Gasteiger partial charge is 0.229 e. The minimum atomic E-state index is -3.35. The van der Waals surface area contributed by atoms with E-state index in [0.717, 1.165) is 159 Å². The number of aromatic nitrogens is 12. The fourth-order valence-electron chi connectivity index (χ4n) is 16.8. The molecule has 10 N–H and O–H groups in total. The fraction of sp³-hybridized carbons (Fsp3) is 0.536. The first kappa shape index (κ1) is 91.6. The van der Waals surface area contributed by atoms with Crippen molar-refractivity contribution in [2.75, 3.05) is 155 Å². The summed E-state index contributed by atoms with van der Waals surface area (Å²) < 4.78 is 88.1. The number of ether oxygens (including phenoxy) is 1. The lowest BCUT2D eigenvalue weighted by molar-refractivity contribution is 0.0380. The number of β-amino-alcohol motifs (C(OH)–C–C–N with tert-alkyl or cyclic N) is 2. The summed E-state index contributed by atoms with van der Waals surface area (Å²) in [6.07, 6.45) is 11.6. The number of hydrogen-bond donors (Lipinski definition) is 10. The van der Waals surface area contributed by atoms with Crippen LogP contribution in [0.2, 0.25) is 15.1 Å². The number of piperidine rings is 3. The van der Waals surface area contributed by atoms with Crippen LogP contribution in [0.25, 0.3) is 0 Å². The Labute approximate surface area is 731 Å². The lowest BCUT2D eigenvalue weighted by Gasteiger charge is -2.33. The Hall–Kier alpha value is -8.11. The Morgan fingerprint density at radius 1 is 0.418 bits per heavy atom. The molecule has 3 aromatic carbocycles. The summed E-state index contributed by atoms with van der Waals surface area (Å²) in [6.45, 7) is 30.0. The standard InChI is InChI=1S/C29H40ClN7O4S.C28H39ClN8O3S.C27H37ClN8O2S/c1-18-12-25(32-29-31-15-24(30)26(33-29)14-22-13-20(3)34-35-22)19(2)11-23(18)21-5-8-37(9-6-21)42(40,41)10-4-7-36-16-27(38)28(39)17-36;1-19-16-25(31-28-30-18-24(29)27(33-28)32-26-17-21(3)34-35-26)20(2)15-23(19)22-5-8-37(9-6-22)41(38,39)14-4-7-36-10-12-40-13-11-36;1-18-15-24(30-27-29-17-23(28)26(32-27)31-25-16-20(3)33-34-25)19(2)14-22(18)21-6-11-36(12-7-21)39(37,38)13-5-10-35-8-4-9-35/h11-13,15,21,27-28,38-39H,4-10,14,16-17H2,1-3H3,(H,34,35)(H,31,32,33);15-18,22H,4-14H2,1-3H3,(H3,30,31,32,33,34,35);14-17,21H,4-13H2,1-3H3,(H3,29,30,31,32,33,34)/t27-,28-;;/m1../s1. The molecule has 0 bridgehead atoms. The predicted molar refractivity (Wildman–Crippen MR) is 481 cm³/mol. The van der Waals surface area contributed by atoms with Gasteiger partial charge in [0.1, 0.15) is 10.0 Å². The molecule has 38 heteroatoms. The van der Waals surface area contributed by atoms with E-state index in [4.69, 9.17) is 39.5 Å². The highest BCUT2D eigenvalue weighted by atomic mass is 35.5. The highest BCUT2D eigenvalue weighted by molar-refractivity contribution is 7.89. The number of aryl methyl sites for hydroxylation is 9. The molecule has 0 unspecified atom stereocenters. The van der Waals surface area contributed by atoms with E-state index >= 15 is 0 Å². The third kappa shape index (κ3) is 24.5. The highest BCUT2D eigenvalue weighted by Gasteiger charge is 2.35. The second-order valence-corrected chi connectivity index (χ2v) is 40.6. The maximum absolute atomic E-state index is 13.0. The second kappa shape index (κ2) is 41.3. The summed E-state index contributed by atoms with van der Waals surface area (Å²) in [6, 6.07) is 18.6. The van der Waals surface area contributed by atoms with Crippen LogP contribution < -0.4 is 26.6 Å². The van der Waals surface area contributed by atoms with Crippen molar-refractivity contribution < 1.29 is 40.2 Å². The second-order valence-electron chi connectivity index (χ2n) is 33.1. The minimum Gasteiger partial charge on any atom is -0.389 e. The number of benzene rings is 3. The number of likely N-dealkylation sites (tertiary alicyclic amines) is 2. The predicted octanol–water partition coefficient (Wildman–Crippen LogP) is 12.4. The van der Waals surface area contributed by atoms with Gasteiger partial charge in [-0.1, -0.05) is 53.0 Å². The third-order valence-electron chi connectivity index (χ3n) is 23.8. The van der Waals surface area contributed by atoms with E-state index in [2.05, 4.69) is 168 Å². The zero-order chi connectivity index (χ0) is 86.6. The first-order valence-electron chi connectivity index (χ1n) is 42.2. The number of nitrogens with one attached hydrogen (secondary N) is 8. The van der Waals surface area contributed by atoms with E-state index in [0.29, 0.717) is 158 Å². The van der Waals surface area contributed by atoms with Crippen molar-refractivity contribution in [3.63, 3.8) is 0 Å². The molecule has 0 aliphatic carbocycles. The summed E-state index contributed by atoms with van der Waals surface area (Å²) in [5.41, 5.74) is 17.6. The van der Waals surface area contributed by atoms with Gasteiger partial charge in [-0.3, -0.25) is 25.1 Å². The average Bonchev–Trinajstić information content (AvgIpc) is 0.815. The SMILES string of the molecule is Cc1cc(Cc2nc(Nc3cc(C)c(C4CCN(S(=O)(=O)CCCN5C[C@@H](O)[C@H](O)C5)CC4)cc3C)ncc2Cl)n[nH]1.Cc1cc(Nc2nc(Nc3cc(C)c(C4CCN(S(=O)(=O)CCCN5CCC5)CC4)cc3C)ncc2Cl)n[nH]1.Cc1cc(Nc2nc(Nc3cc(C)c(C4CCN(S(=O)(=O)CCCN5CCOCC5)CC4)cc3C)ncc2Cl)n[nH]1. The number of rotatable bonds is 30. The Bertz CT molecular complexity index is 5410. The van der Waals surface area contributed by atoms with Crippen LogP contribution in [0.5, 0.6) is 0 Å². The maximum Gasteiger partial charge on any atom is 0.229 e. The lowest BCUT2D eigenvalue weighted by atomic mass is 9.86. The minimum absolute atomic E-state index is 0.0781. The number of sulfonamides is 3. The van der Waals surface area contributed by atoms with Gasteiger partial charge in [-0.15, -0.1) is 0 Å². The van der Waals surface area contributed by atoms with E-state index < -0.39 is 42.3 Å². The van der Waals surface area contributed by atoms with Gasteiger partial charge in [0.05, 0.1) is 77.7 Å². The zero-order valence-electron chi connectivity index (χ0n) is 71.1. The quantitative estimate of drug-likeness (QED) is 0.0200. The Kier molecular flexibility index (Phi) is 31.0. The first-order valence-corrected chi connectivity index (χ1v) is 48.1. The van der Waals surface area contributed by atoms with Crippen LogP contribution in [0.4, 0.5) is 58.2 Å². The van der Waals surface area contributed by atoms with Crippen LogP contribution in [-0.2, 0) is 41.2 Å². The Balaban J connectivity index is 0.000000158. The number of aliphatic hydroxyl groups excluding tert-OH is 2. The lowest BCUT2D eigenvalue weighted by Crippen LogP contribution is -2.41. The molecule has 32 nitrogen and oxygen atoms in total. The number of aliphatic hydroxyl groups is 2. The molecule has 122 heavy (non-hydrogen) atoms. The summed E-state index contributed by atoms with van der Waals surface area (Å²) in [5.74, 6) is 4.97. The van der Waals surface area contributed by atoms with Crippen molar-refractivity contribution in [3.8, 4) is 0 Å². The van der Waals surface area contributed by atoms with Gasteiger partial charge in [-0.2, -0.15) is 25.3 Å². The summed E-state index contributed by atoms with van der Waals surface area (Å²) in [7, 11) is -9.78. The monoisotopic (exact) mass is 1790 g/mol. The van der Waals surface area contributed by atoms with Crippen molar-refractivity contribution in [2.45, 2.75) is 163 Å². The molecule has 2 atom stereocenters. The van der Waals surface area contributed by atoms with Crippen LogP contribution >= 0.6 is 34.8 Å². The van der Waals surface area contributed by atoms with Crippen molar-refractivity contribution in [1.82, 2.24) is 88.1 Å². The van der Waals surface area contributed by atoms with Crippen LogP contribution in [0.3, 0.4) is 0 Å². The molecule has 9 aromatic rings. The molecule has 15 rings (SSSR count). The molecule has 0 radical (unpaired) electrons. The molecule has 0 spiro atoms.